The molecule has 5 heteroatoms. The molecule has 0 radical (unpaired) electrons. The quantitative estimate of drug-likeness (QED) is 0.164. The molecule has 4 N–H and O–H groups in total. The van der Waals surface area contributed by atoms with Crippen LogP contribution in [0.2, 0.25) is 0 Å². The highest BCUT2D eigenvalue weighted by Crippen LogP contribution is 2.56. The van der Waals surface area contributed by atoms with Crippen molar-refractivity contribution in [2.45, 2.75) is 141 Å². The number of unbranched alkanes of at least 4 members (excludes halogenated alkanes) is 9. The van der Waals surface area contributed by atoms with Crippen molar-refractivity contribution in [3.05, 3.63) is 29.8 Å². The number of benzene rings is 1. The van der Waals surface area contributed by atoms with Crippen molar-refractivity contribution in [2.24, 2.45) is 35.3 Å². The Labute approximate surface area is 244 Å². The predicted molar refractivity (Wildman–Crippen MR) is 165 cm³/mol. The molecule has 4 saturated carbocycles. The Kier molecular flexibility index (Phi) is 12.4. The largest absolute Gasteiger partial charge is 0.393 e. The molecule has 1 aromatic rings. The van der Waals surface area contributed by atoms with Crippen molar-refractivity contribution < 1.29 is 15.0 Å². The summed E-state index contributed by atoms with van der Waals surface area (Å²) in [6.45, 7) is 4.37. The van der Waals surface area contributed by atoms with Gasteiger partial charge in [-0.05, 0) is 80.7 Å². The molecule has 5 rings (SSSR count). The smallest absolute Gasteiger partial charge is 0.224 e. The summed E-state index contributed by atoms with van der Waals surface area (Å²) in [4.78, 5) is 15.2. The van der Waals surface area contributed by atoms with Crippen LogP contribution in [0.4, 0.5) is 5.69 Å². The molecule has 0 saturated heterocycles. The SMILES string of the molecule is CCCCCCCCCCCC[C@H](CN)C(O)CC(O)c1ccccc1N(C(C)=O)C1C2CC3CC(C2)CC1C3. The standard InChI is InChI=1S/C35H58N2O3/c1-3-4-5-6-7-8-9-10-11-12-15-28(24-36)33(39)23-34(40)31-16-13-14-17-32(31)37(25(2)38)35-29-19-26-18-27(21-29)22-30(35)20-26/h13-14,16-17,26-30,33-35,39-40H,3-12,15,18-24,36H2,1-2H3/t26?,27?,28-,29?,30?,33?,34?,35?/m1/s1. The summed E-state index contributed by atoms with van der Waals surface area (Å²) >= 11 is 0. The molecule has 0 spiro atoms. The van der Waals surface area contributed by atoms with Gasteiger partial charge in [0.2, 0.25) is 5.91 Å². The number of nitrogens with zero attached hydrogens (tertiary/aromatic N) is 1. The molecule has 4 aliphatic carbocycles. The summed E-state index contributed by atoms with van der Waals surface area (Å²) in [6.07, 6.45) is 18.9. The van der Waals surface area contributed by atoms with Gasteiger partial charge in [0.05, 0.1) is 12.2 Å². The van der Waals surface area contributed by atoms with E-state index < -0.39 is 12.2 Å². The first-order valence-electron chi connectivity index (χ1n) is 16.9. The maximum absolute atomic E-state index is 13.2. The van der Waals surface area contributed by atoms with Crippen molar-refractivity contribution in [2.75, 3.05) is 11.4 Å². The number of amides is 1. The maximum atomic E-state index is 13.2. The minimum absolute atomic E-state index is 0.0100. The number of rotatable bonds is 18. The summed E-state index contributed by atoms with van der Waals surface area (Å²) in [5.74, 6) is 2.87. The Morgan fingerprint density at radius 2 is 1.43 bits per heavy atom. The molecule has 3 atom stereocenters. The fourth-order valence-corrected chi connectivity index (χ4v) is 8.76. The topological polar surface area (TPSA) is 86.8 Å². The van der Waals surface area contributed by atoms with E-state index in [4.69, 9.17) is 5.73 Å². The number of carbonyl (C=O) groups is 1. The fraction of sp³-hybridized carbons (Fsp3) is 0.800. The van der Waals surface area contributed by atoms with Crippen molar-refractivity contribution in [3.8, 4) is 0 Å². The van der Waals surface area contributed by atoms with E-state index in [1.165, 1.54) is 89.9 Å². The number of para-hydroxylation sites is 1. The van der Waals surface area contributed by atoms with Gasteiger partial charge in [-0.3, -0.25) is 4.79 Å². The van der Waals surface area contributed by atoms with Crippen LogP contribution in [0.15, 0.2) is 24.3 Å². The second-order valence-corrected chi connectivity index (χ2v) is 13.7. The second kappa shape index (κ2) is 15.7. The van der Waals surface area contributed by atoms with Crippen molar-refractivity contribution in [1.82, 2.24) is 0 Å². The van der Waals surface area contributed by atoms with Gasteiger partial charge in [0, 0.05) is 30.6 Å². The van der Waals surface area contributed by atoms with E-state index in [0.717, 1.165) is 35.9 Å². The fourth-order valence-electron chi connectivity index (χ4n) is 8.76. The number of carbonyl (C=O) groups excluding carboxylic acids is 1. The zero-order chi connectivity index (χ0) is 28.5. The van der Waals surface area contributed by atoms with E-state index in [0.29, 0.717) is 18.4 Å². The lowest BCUT2D eigenvalue weighted by Gasteiger charge is -2.57. The number of nitrogens with two attached hydrogens (primary N) is 1. The summed E-state index contributed by atoms with van der Waals surface area (Å²) < 4.78 is 0. The average molecular weight is 555 g/mol. The van der Waals surface area contributed by atoms with Crippen LogP contribution < -0.4 is 10.6 Å². The lowest BCUT2D eigenvalue weighted by atomic mass is 9.53. The molecule has 0 heterocycles. The Bertz CT molecular complexity index is 876. The molecule has 1 aromatic carbocycles. The molecule has 1 amide bonds. The third kappa shape index (κ3) is 8.10. The zero-order valence-corrected chi connectivity index (χ0v) is 25.5. The van der Waals surface area contributed by atoms with E-state index in [-0.39, 0.29) is 24.3 Å². The number of anilines is 1. The highest BCUT2D eigenvalue weighted by Gasteiger charge is 2.51. The number of aliphatic hydroxyl groups excluding tert-OH is 2. The first-order valence-corrected chi connectivity index (χ1v) is 16.9. The zero-order valence-electron chi connectivity index (χ0n) is 25.5. The van der Waals surface area contributed by atoms with Gasteiger partial charge in [0.1, 0.15) is 0 Å². The van der Waals surface area contributed by atoms with Gasteiger partial charge >= 0.3 is 0 Å². The molecule has 0 aliphatic heterocycles. The minimum atomic E-state index is -0.827. The predicted octanol–water partition coefficient (Wildman–Crippen LogP) is 7.53. The lowest BCUT2D eigenvalue weighted by molar-refractivity contribution is -0.119. The van der Waals surface area contributed by atoms with Gasteiger partial charge in [-0.1, -0.05) is 89.3 Å². The number of hydrogen-bond donors (Lipinski definition) is 3. The van der Waals surface area contributed by atoms with Gasteiger partial charge in [-0.25, -0.2) is 0 Å². The molecule has 226 valence electrons. The van der Waals surface area contributed by atoms with Gasteiger partial charge in [0.15, 0.2) is 0 Å². The third-order valence-electron chi connectivity index (χ3n) is 10.6. The van der Waals surface area contributed by atoms with E-state index in [1.54, 1.807) is 6.92 Å². The molecule has 4 fully saturated rings. The van der Waals surface area contributed by atoms with E-state index in [2.05, 4.69) is 6.92 Å². The van der Waals surface area contributed by atoms with Crippen molar-refractivity contribution in [3.63, 3.8) is 0 Å². The van der Waals surface area contributed by atoms with Gasteiger partial charge in [-0.2, -0.15) is 0 Å². The summed E-state index contributed by atoms with van der Waals surface area (Å²) in [5, 5.41) is 22.5. The van der Waals surface area contributed by atoms with Crippen LogP contribution >= 0.6 is 0 Å². The Morgan fingerprint density at radius 1 is 0.875 bits per heavy atom. The number of hydrogen-bond acceptors (Lipinski definition) is 4. The van der Waals surface area contributed by atoms with Crippen LogP contribution in [0.1, 0.15) is 135 Å². The lowest BCUT2D eigenvalue weighted by Crippen LogP contribution is -2.57. The third-order valence-corrected chi connectivity index (χ3v) is 10.6. The van der Waals surface area contributed by atoms with Crippen LogP contribution in [0, 0.1) is 29.6 Å². The Morgan fingerprint density at radius 3 is 1.98 bits per heavy atom. The monoisotopic (exact) mass is 554 g/mol. The Hall–Kier alpha value is -1.43. The molecule has 40 heavy (non-hydrogen) atoms. The van der Waals surface area contributed by atoms with Crippen LogP contribution in [-0.4, -0.2) is 34.8 Å². The molecular weight excluding hydrogens is 496 g/mol. The van der Waals surface area contributed by atoms with Crippen LogP contribution in [-0.2, 0) is 4.79 Å². The van der Waals surface area contributed by atoms with Crippen molar-refractivity contribution >= 4 is 11.6 Å². The molecule has 4 bridgehead atoms. The van der Waals surface area contributed by atoms with E-state index in [9.17, 15) is 15.0 Å². The summed E-state index contributed by atoms with van der Waals surface area (Å²) in [6, 6.07) is 8.09. The first kappa shape index (κ1) is 31.5. The van der Waals surface area contributed by atoms with Crippen molar-refractivity contribution in [1.29, 1.82) is 0 Å². The molecule has 5 nitrogen and oxygen atoms in total. The highest BCUT2D eigenvalue weighted by atomic mass is 16.3. The van der Waals surface area contributed by atoms with Crippen LogP contribution in [0.25, 0.3) is 0 Å². The number of aliphatic hydroxyl groups is 2. The maximum Gasteiger partial charge on any atom is 0.224 e. The van der Waals surface area contributed by atoms with Crippen LogP contribution in [0.5, 0.6) is 0 Å². The summed E-state index contributed by atoms with van der Waals surface area (Å²) in [7, 11) is 0. The summed E-state index contributed by atoms with van der Waals surface area (Å²) in [5.41, 5.74) is 7.70. The van der Waals surface area contributed by atoms with Gasteiger partial charge in [0.25, 0.3) is 0 Å². The molecule has 4 aliphatic rings. The van der Waals surface area contributed by atoms with Gasteiger partial charge in [-0.15, -0.1) is 0 Å². The normalized spacial score (nSPS) is 27.5. The van der Waals surface area contributed by atoms with E-state index >= 15 is 0 Å². The molecule has 2 unspecified atom stereocenters. The van der Waals surface area contributed by atoms with E-state index in [1.807, 2.05) is 29.2 Å². The molecule has 0 aromatic heterocycles. The van der Waals surface area contributed by atoms with Crippen LogP contribution in [0.3, 0.4) is 0 Å². The average Bonchev–Trinajstić information content (AvgIpc) is 2.93. The highest BCUT2D eigenvalue weighted by molar-refractivity contribution is 5.93. The Balaban J connectivity index is 1.30. The first-order chi connectivity index (χ1) is 19.4. The second-order valence-electron chi connectivity index (χ2n) is 13.7. The minimum Gasteiger partial charge on any atom is -0.393 e. The van der Waals surface area contributed by atoms with Gasteiger partial charge < -0.3 is 20.8 Å². The molecular formula is C35H58N2O3.